The van der Waals surface area contributed by atoms with Gasteiger partial charge in [0.25, 0.3) is 5.91 Å². The summed E-state index contributed by atoms with van der Waals surface area (Å²) in [4.78, 5) is 12.4. The minimum atomic E-state index is -3.62. The second-order valence-electron chi connectivity index (χ2n) is 6.87. The Morgan fingerprint density at radius 1 is 1.04 bits per heavy atom. The van der Waals surface area contributed by atoms with Gasteiger partial charge in [0.15, 0.2) is 0 Å². The molecule has 140 valence electrons. The highest BCUT2D eigenvalue weighted by Crippen LogP contribution is 2.17. The van der Waals surface area contributed by atoms with Crippen molar-refractivity contribution in [2.45, 2.75) is 37.8 Å². The Bertz CT molecular complexity index is 869. The molecule has 1 amide bonds. The number of amides is 1. The molecule has 0 atom stereocenters. The number of nitrogens with one attached hydrogen (secondary N) is 2. The van der Waals surface area contributed by atoms with E-state index in [0.717, 1.165) is 5.56 Å². The van der Waals surface area contributed by atoms with Crippen LogP contribution < -0.4 is 14.8 Å². The number of hydrogen-bond acceptors (Lipinski definition) is 4. The number of carbonyl (C=O) groups excluding carboxylic acids is 1. The van der Waals surface area contributed by atoms with Gasteiger partial charge in [0.1, 0.15) is 5.75 Å². The zero-order valence-corrected chi connectivity index (χ0v) is 16.2. The predicted molar refractivity (Wildman–Crippen MR) is 101 cm³/mol. The van der Waals surface area contributed by atoms with E-state index in [0.29, 0.717) is 17.9 Å². The molecule has 0 aliphatic rings. The number of carbonyl (C=O) groups is 1. The van der Waals surface area contributed by atoms with Crippen molar-refractivity contribution >= 4 is 15.9 Å². The van der Waals surface area contributed by atoms with Gasteiger partial charge in [0, 0.05) is 23.2 Å². The minimum absolute atomic E-state index is 0.119. The van der Waals surface area contributed by atoms with E-state index in [-0.39, 0.29) is 10.8 Å². The van der Waals surface area contributed by atoms with Gasteiger partial charge < -0.3 is 10.1 Å². The predicted octanol–water partition coefficient (Wildman–Crippen LogP) is 2.70. The largest absolute Gasteiger partial charge is 0.496 e. The van der Waals surface area contributed by atoms with Crippen LogP contribution in [0.1, 0.15) is 36.7 Å². The Morgan fingerprint density at radius 2 is 1.65 bits per heavy atom. The van der Waals surface area contributed by atoms with Crippen molar-refractivity contribution in [3.63, 3.8) is 0 Å². The number of ether oxygens (including phenoxy) is 1. The van der Waals surface area contributed by atoms with Gasteiger partial charge in [-0.3, -0.25) is 4.79 Å². The van der Waals surface area contributed by atoms with Gasteiger partial charge in [0.2, 0.25) is 10.0 Å². The van der Waals surface area contributed by atoms with Gasteiger partial charge in [-0.15, -0.1) is 0 Å². The van der Waals surface area contributed by atoms with Crippen LogP contribution in [0.5, 0.6) is 5.75 Å². The average molecular weight is 376 g/mol. The number of methoxy groups -OCH3 is 1. The Kier molecular flexibility index (Phi) is 6.05. The smallest absolute Gasteiger partial charge is 0.251 e. The van der Waals surface area contributed by atoms with Gasteiger partial charge in [-0.1, -0.05) is 18.2 Å². The number of hydrogen-bond donors (Lipinski definition) is 2. The van der Waals surface area contributed by atoms with Crippen molar-refractivity contribution in [3.8, 4) is 5.75 Å². The maximum Gasteiger partial charge on any atom is 0.251 e. The molecule has 0 unspecified atom stereocenters. The van der Waals surface area contributed by atoms with E-state index in [4.69, 9.17) is 4.74 Å². The van der Waals surface area contributed by atoms with Crippen molar-refractivity contribution in [1.82, 2.24) is 10.0 Å². The fourth-order valence-electron chi connectivity index (χ4n) is 2.37. The van der Waals surface area contributed by atoms with Gasteiger partial charge in [-0.2, -0.15) is 0 Å². The van der Waals surface area contributed by atoms with Crippen LogP contribution in [-0.4, -0.2) is 27.0 Å². The lowest BCUT2D eigenvalue weighted by atomic mass is 10.1. The average Bonchev–Trinajstić information content (AvgIpc) is 2.58. The molecule has 0 saturated carbocycles. The third kappa shape index (κ3) is 5.31. The summed E-state index contributed by atoms with van der Waals surface area (Å²) in [6, 6.07) is 13.2. The Labute approximate surface area is 154 Å². The minimum Gasteiger partial charge on any atom is -0.496 e. The molecule has 7 heteroatoms. The first-order chi connectivity index (χ1) is 12.1. The molecule has 6 nitrogen and oxygen atoms in total. The first-order valence-electron chi connectivity index (χ1n) is 8.16. The van der Waals surface area contributed by atoms with E-state index in [1.807, 2.05) is 24.3 Å². The highest BCUT2D eigenvalue weighted by atomic mass is 32.2. The van der Waals surface area contributed by atoms with E-state index in [1.165, 1.54) is 24.3 Å². The number of para-hydroxylation sites is 1. The first-order valence-corrected chi connectivity index (χ1v) is 9.65. The second-order valence-corrected chi connectivity index (χ2v) is 8.56. The second kappa shape index (κ2) is 7.88. The van der Waals surface area contributed by atoms with Gasteiger partial charge >= 0.3 is 0 Å². The van der Waals surface area contributed by atoms with Crippen molar-refractivity contribution in [1.29, 1.82) is 0 Å². The molecule has 0 aliphatic heterocycles. The third-order valence-electron chi connectivity index (χ3n) is 3.50. The van der Waals surface area contributed by atoms with Gasteiger partial charge in [0.05, 0.1) is 12.0 Å². The highest BCUT2D eigenvalue weighted by Gasteiger charge is 2.22. The summed E-state index contributed by atoms with van der Waals surface area (Å²) in [7, 11) is -2.05. The molecule has 0 radical (unpaired) electrons. The number of benzene rings is 2. The normalized spacial score (nSPS) is 11.8. The van der Waals surface area contributed by atoms with Crippen molar-refractivity contribution in [2.75, 3.05) is 7.11 Å². The maximum atomic E-state index is 12.3. The molecule has 2 N–H and O–H groups in total. The lowest BCUT2D eigenvalue weighted by Crippen LogP contribution is -2.40. The van der Waals surface area contributed by atoms with Crippen LogP contribution in [0.4, 0.5) is 0 Å². The van der Waals surface area contributed by atoms with Crippen molar-refractivity contribution in [2.24, 2.45) is 0 Å². The Balaban J connectivity index is 2.07. The monoisotopic (exact) mass is 376 g/mol. The highest BCUT2D eigenvalue weighted by molar-refractivity contribution is 7.89. The van der Waals surface area contributed by atoms with E-state index in [1.54, 1.807) is 27.9 Å². The summed E-state index contributed by atoms with van der Waals surface area (Å²) in [5, 5.41) is 2.80. The summed E-state index contributed by atoms with van der Waals surface area (Å²) < 4.78 is 32.4. The molecule has 2 aromatic rings. The summed E-state index contributed by atoms with van der Waals surface area (Å²) in [5.41, 5.74) is 0.662. The zero-order chi connectivity index (χ0) is 19.4. The summed E-state index contributed by atoms with van der Waals surface area (Å²) >= 11 is 0. The van der Waals surface area contributed by atoms with Gasteiger partial charge in [-0.25, -0.2) is 13.1 Å². The van der Waals surface area contributed by atoms with E-state index in [9.17, 15) is 13.2 Å². The van der Waals surface area contributed by atoms with Crippen molar-refractivity contribution in [3.05, 3.63) is 59.7 Å². The Morgan fingerprint density at radius 3 is 2.23 bits per heavy atom. The molecule has 0 aliphatic carbocycles. The topological polar surface area (TPSA) is 84.5 Å². The van der Waals surface area contributed by atoms with E-state index in [2.05, 4.69) is 10.0 Å². The third-order valence-corrected chi connectivity index (χ3v) is 5.27. The standard InChI is InChI=1S/C19H24N2O4S/c1-19(2,3)21-26(23,24)16-11-9-14(10-12-16)18(22)20-13-15-7-5-6-8-17(15)25-4/h5-12,21H,13H2,1-4H3,(H,20,22). The SMILES string of the molecule is COc1ccccc1CNC(=O)c1ccc(S(=O)(=O)NC(C)(C)C)cc1. The number of rotatable bonds is 6. The van der Waals surface area contributed by atoms with Crippen LogP contribution >= 0.6 is 0 Å². The molecule has 2 aromatic carbocycles. The van der Waals surface area contributed by atoms with E-state index >= 15 is 0 Å². The lowest BCUT2D eigenvalue weighted by Gasteiger charge is -2.20. The van der Waals surface area contributed by atoms with Crippen LogP contribution in [0.15, 0.2) is 53.4 Å². The maximum absolute atomic E-state index is 12.3. The molecular weight excluding hydrogens is 352 g/mol. The summed E-state index contributed by atoms with van der Waals surface area (Å²) in [5.74, 6) is 0.408. The fourth-order valence-corrected chi connectivity index (χ4v) is 3.79. The number of sulfonamides is 1. The quantitative estimate of drug-likeness (QED) is 0.812. The lowest BCUT2D eigenvalue weighted by molar-refractivity contribution is 0.0950. The fraction of sp³-hybridized carbons (Fsp3) is 0.316. The first kappa shape index (κ1) is 19.9. The van der Waals surface area contributed by atoms with Crippen LogP contribution in [0.3, 0.4) is 0 Å². The molecular formula is C19H24N2O4S. The molecule has 0 bridgehead atoms. The molecule has 0 fully saturated rings. The molecule has 2 rings (SSSR count). The zero-order valence-electron chi connectivity index (χ0n) is 15.4. The van der Waals surface area contributed by atoms with Crippen LogP contribution in [0, 0.1) is 0 Å². The van der Waals surface area contributed by atoms with Crippen LogP contribution in [0.25, 0.3) is 0 Å². The summed E-state index contributed by atoms with van der Waals surface area (Å²) in [6.07, 6.45) is 0. The Hall–Kier alpha value is -2.38. The molecule has 0 heterocycles. The molecule has 26 heavy (non-hydrogen) atoms. The molecule has 0 saturated heterocycles. The van der Waals surface area contributed by atoms with Crippen LogP contribution in [0.2, 0.25) is 0 Å². The van der Waals surface area contributed by atoms with Gasteiger partial charge in [-0.05, 0) is 51.1 Å². The van der Waals surface area contributed by atoms with Crippen LogP contribution in [-0.2, 0) is 16.6 Å². The molecule has 0 aromatic heterocycles. The molecule has 0 spiro atoms. The van der Waals surface area contributed by atoms with E-state index < -0.39 is 15.6 Å². The van der Waals surface area contributed by atoms with Crippen molar-refractivity contribution < 1.29 is 17.9 Å². The summed E-state index contributed by atoms with van der Waals surface area (Å²) in [6.45, 7) is 5.62.